The standard InChI is InChI=1S/C21H18N4O5/c26-20(12-25-16-5-1-2-6-17(16)30-21(25)27)23-14-9-22-24(10-14)11-15-13-28-18-7-3-4-8-19(18)29-15/h1-10,15H,11-13H2,(H,23,26). The third kappa shape index (κ3) is 3.52. The van der Waals surface area contributed by atoms with E-state index in [1.807, 2.05) is 24.3 Å². The highest BCUT2D eigenvalue weighted by atomic mass is 16.6. The maximum absolute atomic E-state index is 12.4. The maximum atomic E-state index is 12.4. The Morgan fingerprint density at radius 2 is 1.93 bits per heavy atom. The van der Waals surface area contributed by atoms with Crippen molar-refractivity contribution in [2.75, 3.05) is 11.9 Å². The summed E-state index contributed by atoms with van der Waals surface area (Å²) in [5.41, 5.74) is 1.54. The zero-order valence-electron chi connectivity index (χ0n) is 15.9. The van der Waals surface area contributed by atoms with E-state index in [1.54, 1.807) is 41.3 Å². The number of aromatic nitrogens is 3. The van der Waals surface area contributed by atoms with Gasteiger partial charge in [0.25, 0.3) is 0 Å². The first-order chi connectivity index (χ1) is 14.7. The fourth-order valence-corrected chi connectivity index (χ4v) is 3.40. The van der Waals surface area contributed by atoms with Gasteiger partial charge in [0.05, 0.1) is 23.9 Å². The van der Waals surface area contributed by atoms with Crippen molar-refractivity contribution in [3.8, 4) is 11.5 Å². The second kappa shape index (κ2) is 7.43. The molecule has 4 aromatic rings. The molecule has 0 aliphatic carbocycles. The molecule has 0 saturated carbocycles. The predicted octanol–water partition coefficient (Wildman–Crippen LogP) is 2.27. The van der Waals surface area contributed by atoms with Crippen molar-refractivity contribution in [3.05, 3.63) is 71.5 Å². The Morgan fingerprint density at radius 1 is 1.13 bits per heavy atom. The van der Waals surface area contributed by atoms with Gasteiger partial charge in [0.1, 0.15) is 13.2 Å². The van der Waals surface area contributed by atoms with E-state index in [9.17, 15) is 9.59 Å². The fraction of sp³-hybridized carbons (Fsp3) is 0.190. The van der Waals surface area contributed by atoms with Crippen molar-refractivity contribution in [3.63, 3.8) is 0 Å². The minimum Gasteiger partial charge on any atom is -0.486 e. The van der Waals surface area contributed by atoms with Crippen molar-refractivity contribution >= 4 is 22.7 Å². The Morgan fingerprint density at radius 3 is 2.83 bits per heavy atom. The lowest BCUT2D eigenvalue weighted by Gasteiger charge is -2.26. The summed E-state index contributed by atoms with van der Waals surface area (Å²) >= 11 is 0. The molecule has 152 valence electrons. The number of nitrogens with one attached hydrogen (secondary N) is 1. The van der Waals surface area contributed by atoms with Crippen molar-refractivity contribution in [2.45, 2.75) is 19.2 Å². The first-order valence-corrected chi connectivity index (χ1v) is 9.45. The lowest BCUT2D eigenvalue weighted by molar-refractivity contribution is -0.116. The smallest absolute Gasteiger partial charge is 0.420 e. The average molecular weight is 406 g/mol. The summed E-state index contributed by atoms with van der Waals surface area (Å²) in [5.74, 6) is 0.502. The van der Waals surface area contributed by atoms with Gasteiger partial charge in [0.15, 0.2) is 23.2 Å². The van der Waals surface area contributed by atoms with Crippen LogP contribution < -0.4 is 20.5 Å². The molecular weight excluding hydrogens is 388 g/mol. The zero-order chi connectivity index (χ0) is 20.5. The largest absolute Gasteiger partial charge is 0.486 e. The average Bonchev–Trinajstić information content (AvgIpc) is 3.31. The molecular formula is C21H18N4O5. The number of carbonyl (C=O) groups is 1. The van der Waals surface area contributed by atoms with Crippen LogP contribution in [0.4, 0.5) is 5.69 Å². The number of fused-ring (bicyclic) bond motifs is 2. The van der Waals surface area contributed by atoms with Crippen molar-refractivity contribution in [2.24, 2.45) is 0 Å². The monoisotopic (exact) mass is 406 g/mol. The van der Waals surface area contributed by atoms with E-state index in [1.165, 1.54) is 4.57 Å². The van der Waals surface area contributed by atoms with Gasteiger partial charge in [-0.05, 0) is 24.3 Å². The van der Waals surface area contributed by atoms with Crippen LogP contribution in [0.3, 0.4) is 0 Å². The normalized spacial score (nSPS) is 15.3. The summed E-state index contributed by atoms with van der Waals surface area (Å²) in [6, 6.07) is 14.5. The van der Waals surface area contributed by atoms with Crippen LogP contribution >= 0.6 is 0 Å². The minimum atomic E-state index is -0.572. The molecule has 2 aromatic heterocycles. The molecule has 1 aliphatic rings. The molecule has 0 fully saturated rings. The Bertz CT molecular complexity index is 1270. The molecule has 1 aliphatic heterocycles. The Hall–Kier alpha value is -4.01. The molecule has 30 heavy (non-hydrogen) atoms. The number of rotatable bonds is 5. The van der Waals surface area contributed by atoms with E-state index in [-0.39, 0.29) is 18.6 Å². The van der Waals surface area contributed by atoms with Crippen LogP contribution in [-0.4, -0.2) is 33.0 Å². The number of hydrogen-bond donors (Lipinski definition) is 1. The Labute approximate surface area is 170 Å². The summed E-state index contributed by atoms with van der Waals surface area (Å²) in [4.78, 5) is 24.4. The van der Waals surface area contributed by atoms with Gasteiger partial charge in [0, 0.05) is 6.20 Å². The first-order valence-electron chi connectivity index (χ1n) is 9.45. The summed E-state index contributed by atoms with van der Waals surface area (Å²) in [5, 5.41) is 7.01. The topological polar surface area (TPSA) is 101 Å². The predicted molar refractivity (Wildman–Crippen MR) is 108 cm³/mol. The molecule has 2 aromatic carbocycles. The highest BCUT2D eigenvalue weighted by Crippen LogP contribution is 2.31. The van der Waals surface area contributed by atoms with Crippen LogP contribution in [0.5, 0.6) is 11.5 Å². The molecule has 3 heterocycles. The number of carbonyl (C=O) groups excluding carboxylic acids is 1. The van der Waals surface area contributed by atoms with Crippen LogP contribution in [-0.2, 0) is 17.9 Å². The molecule has 0 radical (unpaired) electrons. The molecule has 9 heteroatoms. The van der Waals surface area contributed by atoms with Crippen molar-refractivity contribution < 1.29 is 18.7 Å². The molecule has 1 N–H and O–H groups in total. The van der Waals surface area contributed by atoms with E-state index in [4.69, 9.17) is 13.9 Å². The quantitative estimate of drug-likeness (QED) is 0.546. The third-order valence-electron chi connectivity index (χ3n) is 4.75. The van der Waals surface area contributed by atoms with Crippen LogP contribution in [0.25, 0.3) is 11.1 Å². The van der Waals surface area contributed by atoms with Gasteiger partial charge >= 0.3 is 5.76 Å². The molecule has 0 spiro atoms. The molecule has 1 amide bonds. The van der Waals surface area contributed by atoms with Crippen molar-refractivity contribution in [1.82, 2.24) is 14.3 Å². The number of hydrogen-bond acceptors (Lipinski definition) is 6. The van der Waals surface area contributed by atoms with Crippen LogP contribution in [0, 0.1) is 0 Å². The molecule has 1 atom stereocenters. The molecule has 1 unspecified atom stereocenters. The number of amides is 1. The number of benzene rings is 2. The molecule has 0 saturated heterocycles. The van der Waals surface area contributed by atoms with Gasteiger partial charge in [-0.3, -0.25) is 14.0 Å². The maximum Gasteiger partial charge on any atom is 0.420 e. The van der Waals surface area contributed by atoms with E-state index >= 15 is 0 Å². The fourth-order valence-electron chi connectivity index (χ4n) is 3.40. The number of para-hydroxylation sites is 4. The lowest BCUT2D eigenvalue weighted by atomic mass is 10.2. The van der Waals surface area contributed by atoms with E-state index in [0.29, 0.717) is 35.7 Å². The van der Waals surface area contributed by atoms with Gasteiger partial charge in [-0.25, -0.2) is 4.79 Å². The zero-order valence-corrected chi connectivity index (χ0v) is 15.9. The Balaban J connectivity index is 1.22. The van der Waals surface area contributed by atoms with E-state index in [2.05, 4.69) is 10.4 Å². The summed E-state index contributed by atoms with van der Waals surface area (Å²) in [7, 11) is 0. The van der Waals surface area contributed by atoms with E-state index < -0.39 is 5.76 Å². The second-order valence-corrected chi connectivity index (χ2v) is 6.92. The Kier molecular flexibility index (Phi) is 4.47. The lowest BCUT2D eigenvalue weighted by Crippen LogP contribution is -2.33. The summed E-state index contributed by atoms with van der Waals surface area (Å²) < 4.78 is 19.8. The highest BCUT2D eigenvalue weighted by Gasteiger charge is 2.21. The van der Waals surface area contributed by atoms with Crippen LogP contribution in [0.15, 0.2) is 70.1 Å². The van der Waals surface area contributed by atoms with Crippen LogP contribution in [0.2, 0.25) is 0 Å². The SMILES string of the molecule is O=C(Cn1c(=O)oc2ccccc21)Nc1cnn(CC2COc3ccccc3O2)c1. The second-order valence-electron chi connectivity index (χ2n) is 6.92. The van der Waals surface area contributed by atoms with Crippen molar-refractivity contribution in [1.29, 1.82) is 0 Å². The number of oxazole rings is 1. The number of anilines is 1. The van der Waals surface area contributed by atoms with Gasteiger partial charge in [-0.15, -0.1) is 0 Å². The summed E-state index contributed by atoms with van der Waals surface area (Å²) in [6.45, 7) is 0.725. The highest BCUT2D eigenvalue weighted by molar-refractivity contribution is 5.91. The number of nitrogens with zero attached hydrogens (tertiary/aromatic N) is 3. The molecule has 5 rings (SSSR count). The minimum absolute atomic E-state index is 0.155. The van der Waals surface area contributed by atoms with Gasteiger partial charge in [-0.1, -0.05) is 24.3 Å². The first kappa shape index (κ1) is 18.0. The number of ether oxygens (including phenoxy) is 2. The van der Waals surface area contributed by atoms with Gasteiger partial charge in [0.2, 0.25) is 5.91 Å². The third-order valence-corrected chi connectivity index (χ3v) is 4.75. The summed E-state index contributed by atoms with van der Waals surface area (Å²) in [6.07, 6.45) is 3.06. The molecule has 9 nitrogen and oxygen atoms in total. The van der Waals surface area contributed by atoms with E-state index in [0.717, 1.165) is 5.75 Å². The van der Waals surface area contributed by atoms with Gasteiger partial charge < -0.3 is 19.2 Å². The van der Waals surface area contributed by atoms with Gasteiger partial charge in [-0.2, -0.15) is 5.10 Å². The van der Waals surface area contributed by atoms with Crippen LogP contribution in [0.1, 0.15) is 0 Å². The molecule has 0 bridgehead atoms.